The Morgan fingerprint density at radius 1 is 1.89 bits per heavy atom. The van der Waals surface area contributed by atoms with Gasteiger partial charge in [0, 0.05) is 0 Å². The SMILES string of the molecule is Cc1nncn1C[CH]=[W]. The first-order chi connectivity index (χ1) is 4.34. The van der Waals surface area contributed by atoms with Gasteiger partial charge in [0.25, 0.3) is 0 Å². The third-order valence-corrected chi connectivity index (χ3v) is 1.62. The van der Waals surface area contributed by atoms with Gasteiger partial charge in [-0.25, -0.2) is 0 Å². The molecule has 1 heterocycles. The Balaban J connectivity index is 2.80. The molecule has 0 unspecified atom stereocenters. The zero-order valence-corrected chi connectivity index (χ0v) is 8.05. The average molecular weight is 293 g/mol. The Hall–Kier alpha value is -0.302. The van der Waals surface area contributed by atoms with Gasteiger partial charge in [0.1, 0.15) is 0 Å². The molecule has 0 N–H and O–H groups in total. The van der Waals surface area contributed by atoms with E-state index in [0.29, 0.717) is 0 Å². The molecule has 0 bridgehead atoms. The van der Waals surface area contributed by atoms with Gasteiger partial charge in [0.2, 0.25) is 0 Å². The molecule has 0 aromatic carbocycles. The topological polar surface area (TPSA) is 30.7 Å². The fourth-order valence-corrected chi connectivity index (χ4v) is 1.15. The van der Waals surface area contributed by atoms with Gasteiger partial charge in [-0.1, -0.05) is 0 Å². The molecule has 1 aromatic heterocycles. The normalized spacial score (nSPS) is 9.44. The van der Waals surface area contributed by atoms with Gasteiger partial charge in [0.05, 0.1) is 0 Å². The minimum atomic E-state index is 0.939. The van der Waals surface area contributed by atoms with Crippen LogP contribution in [0, 0.1) is 6.92 Å². The van der Waals surface area contributed by atoms with E-state index >= 15 is 0 Å². The van der Waals surface area contributed by atoms with Crippen molar-refractivity contribution in [2.24, 2.45) is 0 Å². The van der Waals surface area contributed by atoms with E-state index in [0.717, 1.165) is 12.4 Å². The summed E-state index contributed by atoms with van der Waals surface area (Å²) in [5.74, 6) is 0.979. The molecule has 0 radical (unpaired) electrons. The van der Waals surface area contributed by atoms with Crippen LogP contribution in [0.3, 0.4) is 0 Å². The number of aryl methyl sites for hydroxylation is 1. The Morgan fingerprint density at radius 2 is 2.67 bits per heavy atom. The summed E-state index contributed by atoms with van der Waals surface area (Å²) in [6.07, 6.45) is 1.74. The monoisotopic (exact) mass is 293 g/mol. The van der Waals surface area contributed by atoms with Crippen molar-refractivity contribution in [2.75, 3.05) is 0 Å². The molecule has 48 valence electrons. The van der Waals surface area contributed by atoms with E-state index in [1.54, 1.807) is 6.33 Å². The molecule has 0 spiro atoms. The second-order valence-electron chi connectivity index (χ2n) is 1.70. The van der Waals surface area contributed by atoms with Crippen LogP contribution in [-0.4, -0.2) is 19.2 Å². The molecule has 0 fully saturated rings. The van der Waals surface area contributed by atoms with Gasteiger partial charge in [-0.2, -0.15) is 0 Å². The van der Waals surface area contributed by atoms with Gasteiger partial charge in [0.15, 0.2) is 0 Å². The third-order valence-electron chi connectivity index (χ3n) is 1.08. The maximum atomic E-state index is 3.84. The fraction of sp³-hybridized carbons (Fsp3) is 0.400. The number of hydrogen-bond acceptors (Lipinski definition) is 2. The first kappa shape index (κ1) is 6.81. The molecular formula is C5H7N3W. The average Bonchev–Trinajstić information content (AvgIpc) is 2.18. The molecule has 1 aromatic rings. The number of hydrogen-bond donors (Lipinski definition) is 0. The van der Waals surface area contributed by atoms with Gasteiger partial charge in [-0.3, -0.25) is 0 Å². The zero-order valence-electron chi connectivity index (χ0n) is 5.11. The van der Waals surface area contributed by atoms with Crippen LogP contribution in [0.2, 0.25) is 0 Å². The van der Waals surface area contributed by atoms with Crippen LogP contribution in [0.15, 0.2) is 6.33 Å². The molecule has 1 rings (SSSR count). The van der Waals surface area contributed by atoms with E-state index in [1.165, 1.54) is 19.4 Å². The Kier molecular flexibility index (Phi) is 2.28. The maximum absolute atomic E-state index is 3.84. The number of rotatable bonds is 2. The van der Waals surface area contributed by atoms with E-state index in [2.05, 4.69) is 14.6 Å². The van der Waals surface area contributed by atoms with Crippen LogP contribution in [0.5, 0.6) is 0 Å². The molecule has 9 heavy (non-hydrogen) atoms. The van der Waals surface area contributed by atoms with Gasteiger partial charge >= 0.3 is 64.1 Å². The second kappa shape index (κ2) is 3.02. The summed E-state index contributed by atoms with van der Waals surface area (Å²) in [7, 11) is 0. The third kappa shape index (κ3) is 1.55. The molecule has 0 saturated heterocycles. The van der Waals surface area contributed by atoms with E-state index in [1.807, 2.05) is 11.5 Å². The van der Waals surface area contributed by atoms with Gasteiger partial charge < -0.3 is 0 Å². The molecule has 3 nitrogen and oxygen atoms in total. The molecule has 0 amide bonds. The van der Waals surface area contributed by atoms with Crippen LogP contribution in [0.4, 0.5) is 0 Å². The van der Waals surface area contributed by atoms with E-state index in [9.17, 15) is 0 Å². The van der Waals surface area contributed by atoms with Crippen LogP contribution >= 0.6 is 0 Å². The van der Waals surface area contributed by atoms with Crippen molar-refractivity contribution < 1.29 is 19.4 Å². The van der Waals surface area contributed by atoms with E-state index in [4.69, 9.17) is 0 Å². The first-order valence-electron chi connectivity index (χ1n) is 2.62. The zero-order chi connectivity index (χ0) is 6.69. The van der Waals surface area contributed by atoms with Crippen LogP contribution in [0.1, 0.15) is 5.82 Å². The summed E-state index contributed by atoms with van der Waals surface area (Å²) in [6, 6.07) is 0. The number of aromatic nitrogens is 3. The molecule has 0 saturated carbocycles. The predicted molar refractivity (Wildman–Crippen MR) is 30.8 cm³/mol. The minimum absolute atomic E-state index is 0.939. The fourth-order valence-electron chi connectivity index (χ4n) is 0.572. The summed E-state index contributed by atoms with van der Waals surface area (Å²) in [5.41, 5.74) is 0. The summed E-state index contributed by atoms with van der Waals surface area (Å²) in [4.78, 5) is 0. The molecule has 4 heteroatoms. The predicted octanol–water partition coefficient (Wildman–Crippen LogP) is -0.0645. The molecule has 0 aliphatic carbocycles. The Morgan fingerprint density at radius 3 is 3.11 bits per heavy atom. The van der Waals surface area contributed by atoms with Crippen molar-refractivity contribution in [1.82, 2.24) is 14.8 Å². The summed E-state index contributed by atoms with van der Waals surface area (Å²) >= 11 is 1.48. The van der Waals surface area contributed by atoms with Crippen molar-refractivity contribution in [1.29, 1.82) is 0 Å². The van der Waals surface area contributed by atoms with Crippen molar-refractivity contribution in [2.45, 2.75) is 13.5 Å². The van der Waals surface area contributed by atoms with Gasteiger partial charge in [-0.05, 0) is 0 Å². The quantitative estimate of drug-likeness (QED) is 0.764. The Bertz CT molecular complexity index is 206. The summed E-state index contributed by atoms with van der Waals surface area (Å²) in [5, 5.41) is 7.58. The van der Waals surface area contributed by atoms with Crippen molar-refractivity contribution in [3.63, 3.8) is 0 Å². The van der Waals surface area contributed by atoms with Crippen LogP contribution in [0.25, 0.3) is 0 Å². The molecule has 0 atom stereocenters. The van der Waals surface area contributed by atoms with Crippen molar-refractivity contribution in [3.05, 3.63) is 12.2 Å². The van der Waals surface area contributed by atoms with E-state index < -0.39 is 0 Å². The standard InChI is InChI=1S/C5H7N3.W/c1-3-8-4-6-7-5(8)2;/h1,4H,3H2,2H3;. The van der Waals surface area contributed by atoms with Crippen LogP contribution in [-0.2, 0) is 25.9 Å². The summed E-state index contributed by atoms with van der Waals surface area (Å²) in [6.45, 7) is 2.89. The number of nitrogens with zero attached hydrogens (tertiary/aromatic N) is 3. The van der Waals surface area contributed by atoms with Crippen molar-refractivity contribution in [3.8, 4) is 0 Å². The molecule has 0 aliphatic heterocycles. The Labute approximate surface area is 64.5 Å². The molecule has 0 aliphatic rings. The second-order valence-corrected chi connectivity index (χ2v) is 2.89. The van der Waals surface area contributed by atoms with E-state index in [-0.39, 0.29) is 0 Å². The summed E-state index contributed by atoms with van der Waals surface area (Å²) < 4.78 is 4.16. The van der Waals surface area contributed by atoms with Crippen LogP contribution < -0.4 is 0 Å². The first-order valence-corrected chi connectivity index (χ1v) is 4.32. The molecular weight excluding hydrogens is 286 g/mol. The van der Waals surface area contributed by atoms with Crippen molar-refractivity contribution >= 4 is 4.40 Å². The van der Waals surface area contributed by atoms with Gasteiger partial charge in [-0.15, -0.1) is 0 Å².